The molecule has 0 spiro atoms. The van der Waals surface area contributed by atoms with Crippen LogP contribution in [-0.4, -0.2) is 45.5 Å². The van der Waals surface area contributed by atoms with E-state index in [0.717, 1.165) is 12.1 Å². The second-order valence-electron chi connectivity index (χ2n) is 4.12. The van der Waals surface area contributed by atoms with Crippen LogP contribution in [0.4, 0.5) is 13.2 Å². The summed E-state index contributed by atoms with van der Waals surface area (Å²) in [5.41, 5.74) is 0. The van der Waals surface area contributed by atoms with E-state index in [1.807, 2.05) is 0 Å². The van der Waals surface area contributed by atoms with E-state index in [2.05, 4.69) is 10.1 Å². The maximum atomic E-state index is 13.6. The van der Waals surface area contributed by atoms with E-state index in [1.54, 1.807) is 0 Å². The number of alkyl halides is 2. The highest BCUT2D eigenvalue weighted by Gasteiger charge is 2.27. The third kappa shape index (κ3) is 3.22. The molecule has 1 aliphatic rings. The van der Waals surface area contributed by atoms with Crippen LogP contribution in [0.15, 0.2) is 23.1 Å². The largest absolute Gasteiger partial charge is 0.432 e. The normalized spacial score (nSPS) is 17.4. The summed E-state index contributed by atoms with van der Waals surface area (Å²) in [6.07, 6.45) is 0. The number of rotatable bonds is 4. The van der Waals surface area contributed by atoms with Gasteiger partial charge in [-0.1, -0.05) is 0 Å². The van der Waals surface area contributed by atoms with Crippen LogP contribution in [0.1, 0.15) is 0 Å². The van der Waals surface area contributed by atoms with Gasteiger partial charge in [0.2, 0.25) is 10.0 Å². The van der Waals surface area contributed by atoms with Crippen LogP contribution in [0.3, 0.4) is 0 Å². The summed E-state index contributed by atoms with van der Waals surface area (Å²) in [5, 5.41) is 3.00. The van der Waals surface area contributed by atoms with Gasteiger partial charge in [-0.15, -0.1) is 0 Å². The van der Waals surface area contributed by atoms with Crippen molar-refractivity contribution in [3.05, 3.63) is 24.0 Å². The number of hydrogen-bond acceptors (Lipinski definition) is 4. The summed E-state index contributed by atoms with van der Waals surface area (Å²) in [5.74, 6) is -1.82. The molecule has 112 valence electrons. The van der Waals surface area contributed by atoms with Gasteiger partial charge in [-0.25, -0.2) is 12.8 Å². The molecule has 0 unspecified atom stereocenters. The Labute approximate surface area is 114 Å². The smallest absolute Gasteiger partial charge is 0.387 e. The van der Waals surface area contributed by atoms with Crippen LogP contribution < -0.4 is 10.1 Å². The standard InChI is InChI=1S/C11H13F3N2O3S/c12-9-7-8(1-2-10(9)19-11(13)14)20(17,18)16-5-3-15-4-6-16/h1-2,7,11,15H,3-6H2. The summed E-state index contributed by atoms with van der Waals surface area (Å²) < 4.78 is 67.1. The molecule has 0 amide bonds. The van der Waals surface area contributed by atoms with Crippen molar-refractivity contribution in [2.24, 2.45) is 0 Å². The van der Waals surface area contributed by atoms with Crippen LogP contribution in [0.25, 0.3) is 0 Å². The number of nitrogens with one attached hydrogen (secondary N) is 1. The zero-order valence-electron chi connectivity index (χ0n) is 10.4. The average molecular weight is 310 g/mol. The number of piperazine rings is 1. The minimum atomic E-state index is -3.82. The van der Waals surface area contributed by atoms with Gasteiger partial charge in [-0.05, 0) is 18.2 Å². The number of halogens is 3. The molecule has 1 heterocycles. The third-order valence-corrected chi connectivity index (χ3v) is 4.73. The summed E-state index contributed by atoms with van der Waals surface area (Å²) in [6.45, 7) is -1.60. The molecular weight excluding hydrogens is 297 g/mol. The topological polar surface area (TPSA) is 58.6 Å². The zero-order valence-corrected chi connectivity index (χ0v) is 11.2. The van der Waals surface area contributed by atoms with Crippen LogP contribution >= 0.6 is 0 Å². The maximum Gasteiger partial charge on any atom is 0.387 e. The first-order valence-corrected chi connectivity index (χ1v) is 7.30. The Bertz CT molecular complexity index is 574. The highest BCUT2D eigenvalue weighted by molar-refractivity contribution is 7.89. The molecule has 2 rings (SSSR count). The highest BCUT2D eigenvalue weighted by atomic mass is 32.2. The first-order chi connectivity index (χ1) is 9.41. The van der Waals surface area contributed by atoms with Gasteiger partial charge in [0.1, 0.15) is 0 Å². The highest BCUT2D eigenvalue weighted by Crippen LogP contribution is 2.24. The van der Waals surface area contributed by atoms with Crippen LogP contribution in [0, 0.1) is 5.82 Å². The summed E-state index contributed by atoms with van der Waals surface area (Å²) in [4.78, 5) is -0.279. The van der Waals surface area contributed by atoms with Gasteiger partial charge in [0.05, 0.1) is 4.90 Å². The second-order valence-corrected chi connectivity index (χ2v) is 6.06. The zero-order chi connectivity index (χ0) is 14.8. The van der Waals surface area contributed by atoms with Crippen molar-refractivity contribution < 1.29 is 26.3 Å². The molecular formula is C11H13F3N2O3S. The summed E-state index contributed by atoms with van der Waals surface area (Å²) in [7, 11) is -3.82. The molecule has 0 bridgehead atoms. The molecule has 1 aliphatic heterocycles. The van der Waals surface area contributed by atoms with Crippen LogP contribution in [0.5, 0.6) is 5.75 Å². The molecule has 1 fully saturated rings. The van der Waals surface area contributed by atoms with Crippen molar-refractivity contribution in [3.63, 3.8) is 0 Å². The van der Waals surface area contributed by atoms with Gasteiger partial charge in [0, 0.05) is 26.2 Å². The molecule has 0 radical (unpaired) electrons. The number of benzene rings is 1. The van der Waals surface area contributed by atoms with E-state index in [4.69, 9.17) is 0 Å². The molecule has 1 aromatic carbocycles. The predicted octanol–water partition coefficient (Wildman–Crippen LogP) is 1.02. The molecule has 9 heteroatoms. The lowest BCUT2D eigenvalue weighted by atomic mass is 10.3. The minimum Gasteiger partial charge on any atom is -0.432 e. The summed E-state index contributed by atoms with van der Waals surface area (Å²) >= 11 is 0. The third-order valence-electron chi connectivity index (χ3n) is 2.83. The fourth-order valence-corrected chi connectivity index (χ4v) is 3.32. The number of nitrogens with zero attached hydrogens (tertiary/aromatic N) is 1. The average Bonchev–Trinajstić information content (AvgIpc) is 2.41. The number of sulfonamides is 1. The molecule has 5 nitrogen and oxygen atoms in total. The predicted molar refractivity (Wildman–Crippen MR) is 64.7 cm³/mol. The molecule has 1 saturated heterocycles. The molecule has 0 atom stereocenters. The van der Waals surface area contributed by atoms with Gasteiger partial charge in [0.25, 0.3) is 0 Å². The Hall–Kier alpha value is -1.32. The van der Waals surface area contributed by atoms with Crippen molar-refractivity contribution in [2.75, 3.05) is 26.2 Å². The lowest BCUT2D eigenvalue weighted by Gasteiger charge is -2.26. The van der Waals surface area contributed by atoms with Gasteiger partial charge < -0.3 is 10.1 Å². The Balaban J connectivity index is 2.26. The van der Waals surface area contributed by atoms with E-state index in [0.29, 0.717) is 19.2 Å². The van der Waals surface area contributed by atoms with Crippen molar-refractivity contribution in [1.29, 1.82) is 0 Å². The molecule has 0 aromatic heterocycles. The maximum absolute atomic E-state index is 13.6. The van der Waals surface area contributed by atoms with Crippen LogP contribution in [-0.2, 0) is 10.0 Å². The Kier molecular flexibility index (Phi) is 4.51. The quantitative estimate of drug-likeness (QED) is 0.902. The van der Waals surface area contributed by atoms with E-state index in [9.17, 15) is 21.6 Å². The Morgan fingerprint density at radius 2 is 1.90 bits per heavy atom. The van der Waals surface area contributed by atoms with Gasteiger partial charge in [-0.2, -0.15) is 13.1 Å². The van der Waals surface area contributed by atoms with Crippen molar-refractivity contribution in [1.82, 2.24) is 9.62 Å². The van der Waals surface area contributed by atoms with Gasteiger partial charge >= 0.3 is 6.61 Å². The van der Waals surface area contributed by atoms with E-state index >= 15 is 0 Å². The first-order valence-electron chi connectivity index (χ1n) is 5.86. The SMILES string of the molecule is O=S(=O)(c1ccc(OC(F)F)c(F)c1)N1CCNCC1. The molecule has 20 heavy (non-hydrogen) atoms. The monoisotopic (exact) mass is 310 g/mol. The lowest BCUT2D eigenvalue weighted by Crippen LogP contribution is -2.46. The number of hydrogen-bond donors (Lipinski definition) is 1. The first kappa shape index (κ1) is 15.1. The van der Waals surface area contributed by atoms with Crippen molar-refractivity contribution >= 4 is 10.0 Å². The molecule has 0 aliphatic carbocycles. The fourth-order valence-electron chi connectivity index (χ4n) is 1.87. The van der Waals surface area contributed by atoms with Crippen LogP contribution in [0.2, 0.25) is 0 Å². The van der Waals surface area contributed by atoms with Crippen molar-refractivity contribution in [2.45, 2.75) is 11.5 Å². The molecule has 1 N–H and O–H groups in total. The van der Waals surface area contributed by atoms with E-state index in [-0.39, 0.29) is 18.0 Å². The van der Waals surface area contributed by atoms with E-state index < -0.39 is 28.2 Å². The molecule has 0 saturated carbocycles. The number of ether oxygens (including phenoxy) is 1. The lowest BCUT2D eigenvalue weighted by molar-refractivity contribution is -0.0522. The van der Waals surface area contributed by atoms with E-state index in [1.165, 1.54) is 4.31 Å². The van der Waals surface area contributed by atoms with Gasteiger partial charge in [0.15, 0.2) is 11.6 Å². The summed E-state index contributed by atoms with van der Waals surface area (Å²) in [6, 6.07) is 2.63. The molecule has 1 aromatic rings. The second kappa shape index (κ2) is 5.98. The Morgan fingerprint density at radius 3 is 2.45 bits per heavy atom. The van der Waals surface area contributed by atoms with Crippen molar-refractivity contribution in [3.8, 4) is 5.75 Å². The van der Waals surface area contributed by atoms with Gasteiger partial charge in [-0.3, -0.25) is 0 Å². The fraction of sp³-hybridized carbons (Fsp3) is 0.455. The Morgan fingerprint density at radius 1 is 1.25 bits per heavy atom. The minimum absolute atomic E-state index is 0.277.